The number of nitrogens with zero attached hydrogens (tertiary/aromatic N) is 2. The van der Waals surface area contributed by atoms with Gasteiger partial charge in [0.1, 0.15) is 0 Å². The molecule has 0 aromatic rings. The topological polar surface area (TPSA) is 62.9 Å². The highest BCUT2D eigenvalue weighted by Gasteiger charge is 2.31. The summed E-state index contributed by atoms with van der Waals surface area (Å²) in [6.07, 6.45) is 3.87. The van der Waals surface area contributed by atoms with Crippen molar-refractivity contribution < 1.29 is 4.74 Å². The largest absolute Gasteiger partial charge is 0.373 e. The Kier molecular flexibility index (Phi) is 4.62. The number of hydrogen-bond acceptors (Lipinski definition) is 3. The van der Waals surface area contributed by atoms with Crippen molar-refractivity contribution in [2.45, 2.75) is 38.3 Å². The minimum absolute atomic E-state index is 0.214. The van der Waals surface area contributed by atoms with Gasteiger partial charge < -0.3 is 15.8 Å². The fourth-order valence-corrected chi connectivity index (χ4v) is 2.51. The minimum atomic E-state index is 0.214. The van der Waals surface area contributed by atoms with Crippen LogP contribution in [-0.4, -0.2) is 55.8 Å². The van der Waals surface area contributed by atoms with Gasteiger partial charge in [0.15, 0.2) is 5.96 Å². The summed E-state index contributed by atoms with van der Waals surface area (Å²) in [4.78, 5) is 6.86. The molecule has 0 bridgehead atoms. The third-order valence-electron chi connectivity index (χ3n) is 3.48. The van der Waals surface area contributed by atoms with Crippen molar-refractivity contribution in [3.05, 3.63) is 0 Å². The summed E-state index contributed by atoms with van der Waals surface area (Å²) in [5.74, 6) is 0.541. The highest BCUT2D eigenvalue weighted by atomic mass is 16.5. The van der Waals surface area contributed by atoms with Crippen molar-refractivity contribution in [3.8, 4) is 0 Å². The predicted molar refractivity (Wildman–Crippen MR) is 69.1 cm³/mol. The number of rotatable bonds is 4. The van der Waals surface area contributed by atoms with Crippen LogP contribution in [0.15, 0.2) is 4.99 Å². The van der Waals surface area contributed by atoms with Gasteiger partial charge in [-0.3, -0.25) is 9.89 Å². The Balaban J connectivity index is 1.72. The zero-order valence-corrected chi connectivity index (χ0v) is 10.7. The smallest absolute Gasteiger partial charge is 0.188 e. The van der Waals surface area contributed by atoms with E-state index in [-0.39, 0.29) is 6.10 Å². The van der Waals surface area contributed by atoms with Gasteiger partial charge in [0, 0.05) is 19.1 Å². The fraction of sp³-hybridized carbons (Fsp3) is 0.917. The molecule has 17 heavy (non-hydrogen) atoms. The lowest BCUT2D eigenvalue weighted by atomic mass is 10.2. The molecule has 2 unspecified atom stereocenters. The van der Waals surface area contributed by atoms with Crippen LogP contribution in [0, 0.1) is 0 Å². The van der Waals surface area contributed by atoms with Crippen LogP contribution in [0.2, 0.25) is 0 Å². The number of morpholine rings is 1. The first-order chi connectivity index (χ1) is 8.29. The van der Waals surface area contributed by atoms with Crippen LogP contribution in [0.4, 0.5) is 0 Å². The van der Waals surface area contributed by atoms with E-state index in [2.05, 4.69) is 22.1 Å². The van der Waals surface area contributed by atoms with E-state index in [9.17, 15) is 0 Å². The van der Waals surface area contributed by atoms with Crippen molar-refractivity contribution in [2.24, 2.45) is 10.7 Å². The first kappa shape index (κ1) is 12.6. The van der Waals surface area contributed by atoms with E-state index in [1.807, 2.05) is 0 Å². The summed E-state index contributed by atoms with van der Waals surface area (Å²) in [6.45, 7) is 6.76. The van der Waals surface area contributed by atoms with Crippen LogP contribution in [0.1, 0.15) is 26.2 Å². The molecule has 2 aliphatic rings. The molecule has 2 fully saturated rings. The van der Waals surface area contributed by atoms with Crippen molar-refractivity contribution in [1.29, 1.82) is 0 Å². The van der Waals surface area contributed by atoms with Crippen molar-refractivity contribution in [3.63, 3.8) is 0 Å². The second-order valence-corrected chi connectivity index (χ2v) is 4.90. The Morgan fingerprint density at radius 1 is 1.59 bits per heavy atom. The van der Waals surface area contributed by atoms with Crippen LogP contribution in [0.25, 0.3) is 0 Å². The molecule has 2 saturated heterocycles. The second-order valence-electron chi connectivity index (χ2n) is 4.90. The van der Waals surface area contributed by atoms with Crippen molar-refractivity contribution in [2.75, 3.05) is 32.8 Å². The number of hydrogen-bond donors (Lipinski definition) is 2. The molecule has 0 aromatic carbocycles. The third kappa shape index (κ3) is 3.57. The molecule has 98 valence electrons. The molecule has 0 spiro atoms. The fourth-order valence-electron chi connectivity index (χ4n) is 2.51. The average molecular weight is 240 g/mol. The molecule has 2 atom stereocenters. The molecule has 0 amide bonds. The highest BCUT2D eigenvalue weighted by Crippen LogP contribution is 2.22. The quantitative estimate of drug-likeness (QED) is 0.543. The van der Waals surface area contributed by atoms with Gasteiger partial charge in [0.25, 0.3) is 0 Å². The molecule has 0 radical (unpaired) electrons. The minimum Gasteiger partial charge on any atom is -0.373 e. The third-order valence-corrected chi connectivity index (χ3v) is 3.48. The molecule has 0 saturated carbocycles. The first-order valence-electron chi connectivity index (χ1n) is 6.69. The van der Waals surface area contributed by atoms with Gasteiger partial charge in [-0.1, -0.05) is 6.92 Å². The second kappa shape index (κ2) is 6.21. The van der Waals surface area contributed by atoms with Crippen LogP contribution < -0.4 is 11.1 Å². The van der Waals surface area contributed by atoms with Crippen LogP contribution in [-0.2, 0) is 4.74 Å². The van der Waals surface area contributed by atoms with Gasteiger partial charge in [0.05, 0.1) is 19.3 Å². The van der Waals surface area contributed by atoms with Gasteiger partial charge in [-0.2, -0.15) is 0 Å². The molecule has 2 heterocycles. The summed E-state index contributed by atoms with van der Waals surface area (Å²) in [6, 6.07) is 0.658. The van der Waals surface area contributed by atoms with E-state index in [1.165, 1.54) is 19.4 Å². The molecule has 2 aliphatic heterocycles. The van der Waals surface area contributed by atoms with Crippen LogP contribution in [0.5, 0.6) is 0 Å². The lowest BCUT2D eigenvalue weighted by Gasteiger charge is -2.34. The Bertz CT molecular complexity index is 269. The van der Waals surface area contributed by atoms with Crippen LogP contribution in [0.3, 0.4) is 0 Å². The average Bonchev–Trinajstić information content (AvgIpc) is 2.81. The number of aliphatic imine (C=N–C) groups is 1. The lowest BCUT2D eigenvalue weighted by Crippen LogP contribution is -2.47. The van der Waals surface area contributed by atoms with Crippen LogP contribution >= 0.6 is 0 Å². The van der Waals surface area contributed by atoms with Crippen molar-refractivity contribution >= 4 is 5.96 Å². The van der Waals surface area contributed by atoms with Gasteiger partial charge in [-0.05, 0) is 25.8 Å². The van der Waals surface area contributed by atoms with Crippen molar-refractivity contribution in [1.82, 2.24) is 10.2 Å². The maximum atomic E-state index is 5.81. The zero-order valence-electron chi connectivity index (χ0n) is 10.7. The van der Waals surface area contributed by atoms with Gasteiger partial charge in [-0.25, -0.2) is 0 Å². The molecule has 0 aromatic heterocycles. The SMILES string of the molecule is CCCNC(N)=NCC1CN2CCCC2CO1. The standard InChI is InChI=1S/C12H24N4O/c1-2-5-14-12(13)15-7-11-8-16-6-3-4-10(16)9-17-11/h10-11H,2-9H2,1H3,(H3,13,14,15). The number of fused-ring (bicyclic) bond motifs is 1. The maximum Gasteiger partial charge on any atom is 0.188 e. The van der Waals surface area contributed by atoms with E-state index >= 15 is 0 Å². The Morgan fingerprint density at radius 3 is 3.29 bits per heavy atom. The number of guanidine groups is 1. The first-order valence-corrected chi connectivity index (χ1v) is 6.69. The van der Waals surface area contributed by atoms with E-state index in [4.69, 9.17) is 10.5 Å². The van der Waals surface area contributed by atoms with Gasteiger partial charge in [0.2, 0.25) is 0 Å². The Morgan fingerprint density at radius 2 is 2.47 bits per heavy atom. The number of nitrogens with two attached hydrogens (primary N) is 1. The summed E-state index contributed by atoms with van der Waals surface area (Å²) in [5.41, 5.74) is 5.75. The monoisotopic (exact) mass is 240 g/mol. The molecule has 3 N–H and O–H groups in total. The van der Waals surface area contributed by atoms with E-state index < -0.39 is 0 Å². The highest BCUT2D eigenvalue weighted by molar-refractivity contribution is 5.77. The van der Waals surface area contributed by atoms with Gasteiger partial charge in [-0.15, -0.1) is 0 Å². The molecular weight excluding hydrogens is 216 g/mol. The molecule has 0 aliphatic carbocycles. The number of nitrogens with one attached hydrogen (secondary N) is 1. The van der Waals surface area contributed by atoms with E-state index in [1.54, 1.807) is 0 Å². The lowest BCUT2D eigenvalue weighted by molar-refractivity contribution is -0.0432. The molecule has 5 heteroatoms. The Hall–Kier alpha value is -0.810. The summed E-state index contributed by atoms with van der Waals surface area (Å²) in [5, 5.41) is 3.08. The Labute approximate surface area is 103 Å². The molecule has 5 nitrogen and oxygen atoms in total. The number of ether oxygens (including phenoxy) is 1. The molecule has 2 rings (SSSR count). The van der Waals surface area contributed by atoms with E-state index in [0.29, 0.717) is 18.5 Å². The maximum absolute atomic E-state index is 5.81. The normalized spacial score (nSPS) is 30.3. The zero-order chi connectivity index (χ0) is 12.1. The summed E-state index contributed by atoms with van der Waals surface area (Å²) >= 11 is 0. The summed E-state index contributed by atoms with van der Waals surface area (Å²) in [7, 11) is 0. The van der Waals surface area contributed by atoms with Gasteiger partial charge >= 0.3 is 0 Å². The van der Waals surface area contributed by atoms with E-state index in [0.717, 1.165) is 26.1 Å². The molecular formula is C12H24N4O. The predicted octanol–water partition coefficient (Wildman–Crippen LogP) is 0.164. The summed E-state index contributed by atoms with van der Waals surface area (Å²) < 4.78 is 5.81.